The van der Waals surface area contributed by atoms with E-state index in [0.29, 0.717) is 43.7 Å². The summed E-state index contributed by atoms with van der Waals surface area (Å²) < 4.78 is 0.906. The van der Waals surface area contributed by atoms with Crippen LogP contribution in [0.15, 0.2) is 46.9 Å². The Balaban J connectivity index is 1.94. The molecule has 0 atom stereocenters. The first-order valence-corrected chi connectivity index (χ1v) is 10.9. The molecule has 1 fully saturated rings. The van der Waals surface area contributed by atoms with Gasteiger partial charge in [0.25, 0.3) is 5.69 Å². The van der Waals surface area contributed by atoms with Gasteiger partial charge in [0.2, 0.25) is 11.8 Å². The molecule has 7 nitrogen and oxygen atoms in total. The Morgan fingerprint density at radius 1 is 1.13 bits per heavy atom. The van der Waals surface area contributed by atoms with Gasteiger partial charge in [-0.1, -0.05) is 41.1 Å². The summed E-state index contributed by atoms with van der Waals surface area (Å²) in [4.78, 5) is 38.9. The molecule has 0 aliphatic carbocycles. The second-order valence-corrected chi connectivity index (χ2v) is 8.23. The van der Waals surface area contributed by atoms with E-state index in [-0.39, 0.29) is 17.5 Å². The van der Waals surface area contributed by atoms with Gasteiger partial charge in [-0.05, 0) is 41.3 Å². The first-order chi connectivity index (χ1) is 14.8. The molecule has 0 radical (unpaired) electrons. The van der Waals surface area contributed by atoms with Crippen molar-refractivity contribution in [2.24, 2.45) is 0 Å². The summed E-state index contributed by atoms with van der Waals surface area (Å²) in [6, 6.07) is 10.6. The third-order valence-corrected chi connectivity index (χ3v) is 5.92. The van der Waals surface area contributed by atoms with Gasteiger partial charge < -0.3 is 9.80 Å². The van der Waals surface area contributed by atoms with Gasteiger partial charge in [-0.2, -0.15) is 0 Å². The summed E-state index contributed by atoms with van der Waals surface area (Å²) >= 11 is 3.46. The van der Waals surface area contributed by atoms with Crippen LogP contribution in [0.2, 0.25) is 0 Å². The van der Waals surface area contributed by atoms with Crippen molar-refractivity contribution in [1.29, 1.82) is 0 Å². The van der Waals surface area contributed by atoms with Gasteiger partial charge in [-0.3, -0.25) is 19.7 Å². The van der Waals surface area contributed by atoms with Crippen molar-refractivity contribution < 1.29 is 14.5 Å². The number of aryl methyl sites for hydroxylation is 1. The van der Waals surface area contributed by atoms with E-state index in [4.69, 9.17) is 0 Å². The summed E-state index contributed by atoms with van der Waals surface area (Å²) in [5.74, 6) is -0.169. The molecule has 2 aromatic rings. The number of nitro groups is 1. The van der Waals surface area contributed by atoms with E-state index < -0.39 is 4.92 Å². The molecule has 0 unspecified atom stereocenters. The minimum absolute atomic E-state index is 0.00157. The molecule has 0 saturated carbocycles. The van der Waals surface area contributed by atoms with E-state index in [1.165, 1.54) is 19.1 Å². The fraction of sp³-hybridized carbons (Fsp3) is 0.304. The highest BCUT2D eigenvalue weighted by molar-refractivity contribution is 9.10. The van der Waals surface area contributed by atoms with Crippen molar-refractivity contribution in [3.05, 3.63) is 68.2 Å². The van der Waals surface area contributed by atoms with Crippen molar-refractivity contribution in [1.82, 2.24) is 9.80 Å². The van der Waals surface area contributed by atoms with Crippen molar-refractivity contribution in [2.75, 3.05) is 26.2 Å². The van der Waals surface area contributed by atoms with Crippen LogP contribution in [0.4, 0.5) is 5.69 Å². The normalized spacial score (nSPS) is 14.2. The van der Waals surface area contributed by atoms with Gasteiger partial charge in [0.05, 0.1) is 10.5 Å². The van der Waals surface area contributed by atoms with E-state index in [0.717, 1.165) is 15.6 Å². The molecule has 1 heterocycles. The SMILES string of the molecule is CCc1cc(Br)ccc1-c1c(/C=C/C(=O)N2CCN(C(C)=O)CC2)cccc1[N+](=O)[O-]. The van der Waals surface area contributed by atoms with Gasteiger partial charge in [-0.15, -0.1) is 0 Å². The third kappa shape index (κ3) is 5.19. The molecule has 1 aliphatic heterocycles. The highest BCUT2D eigenvalue weighted by Crippen LogP contribution is 2.37. The molecule has 1 aliphatic rings. The average molecular weight is 486 g/mol. The van der Waals surface area contributed by atoms with Crippen molar-refractivity contribution in [2.45, 2.75) is 20.3 Å². The molecule has 8 heteroatoms. The van der Waals surface area contributed by atoms with Crippen LogP contribution in [0.5, 0.6) is 0 Å². The first kappa shape index (κ1) is 22.7. The lowest BCUT2D eigenvalue weighted by atomic mass is 9.92. The molecule has 2 amide bonds. The van der Waals surface area contributed by atoms with Crippen LogP contribution in [-0.4, -0.2) is 52.7 Å². The summed E-state index contributed by atoms with van der Waals surface area (Å²) in [6.07, 6.45) is 3.81. The van der Waals surface area contributed by atoms with E-state index >= 15 is 0 Å². The molecule has 0 bridgehead atoms. The van der Waals surface area contributed by atoms with Gasteiger partial charge in [-0.25, -0.2) is 0 Å². The minimum atomic E-state index is -0.392. The smallest absolute Gasteiger partial charge is 0.277 e. The zero-order valence-corrected chi connectivity index (χ0v) is 19.1. The first-order valence-electron chi connectivity index (χ1n) is 10.1. The third-order valence-electron chi connectivity index (χ3n) is 5.43. The molecular formula is C23H24BrN3O4. The van der Waals surface area contributed by atoms with E-state index in [1.54, 1.807) is 28.0 Å². The van der Waals surface area contributed by atoms with Crippen LogP contribution in [0.1, 0.15) is 25.0 Å². The number of hydrogen-bond acceptors (Lipinski definition) is 4. The standard InChI is InChI=1S/C23H24BrN3O4/c1-3-17-15-19(24)8-9-20(17)23-18(5-4-6-21(23)27(30)31)7-10-22(29)26-13-11-25(12-14-26)16(2)28/h4-10,15H,3,11-14H2,1-2H3/b10-7+. The lowest BCUT2D eigenvalue weighted by Crippen LogP contribution is -2.49. The molecule has 0 spiro atoms. The number of nitrogens with zero attached hydrogens (tertiary/aromatic N) is 3. The number of benzene rings is 2. The Hall–Kier alpha value is -3.00. The minimum Gasteiger partial charge on any atom is -0.339 e. The maximum absolute atomic E-state index is 12.7. The number of carbonyl (C=O) groups is 2. The maximum atomic E-state index is 12.7. The second kappa shape index (κ2) is 9.87. The van der Waals surface area contributed by atoms with Crippen LogP contribution < -0.4 is 0 Å². The van der Waals surface area contributed by atoms with Crippen LogP contribution in [0, 0.1) is 10.1 Å². The number of nitro benzene ring substituents is 1. The Bertz CT molecular complexity index is 1040. The Kier molecular flexibility index (Phi) is 7.22. The highest BCUT2D eigenvalue weighted by Gasteiger charge is 2.22. The number of piperazine rings is 1. The molecule has 31 heavy (non-hydrogen) atoms. The van der Waals surface area contributed by atoms with Crippen LogP contribution in [0.3, 0.4) is 0 Å². The predicted molar refractivity (Wildman–Crippen MR) is 123 cm³/mol. The summed E-state index contributed by atoms with van der Waals surface area (Å²) in [6.45, 7) is 5.48. The van der Waals surface area contributed by atoms with Crippen LogP contribution >= 0.6 is 15.9 Å². The Labute approximate surface area is 189 Å². The molecule has 3 rings (SSSR count). The zero-order valence-electron chi connectivity index (χ0n) is 17.5. The predicted octanol–water partition coefficient (Wildman–Crippen LogP) is 4.29. The van der Waals surface area contributed by atoms with Gasteiger partial charge in [0.1, 0.15) is 0 Å². The fourth-order valence-electron chi connectivity index (χ4n) is 3.75. The molecular weight excluding hydrogens is 462 g/mol. The molecule has 162 valence electrons. The molecule has 1 saturated heterocycles. The van der Waals surface area contributed by atoms with E-state index in [2.05, 4.69) is 15.9 Å². The summed E-state index contributed by atoms with van der Waals surface area (Å²) in [5, 5.41) is 11.7. The largest absolute Gasteiger partial charge is 0.339 e. The molecule has 0 N–H and O–H groups in total. The topological polar surface area (TPSA) is 83.8 Å². The van der Waals surface area contributed by atoms with Crippen molar-refractivity contribution >= 4 is 39.5 Å². The Morgan fingerprint density at radius 2 is 1.81 bits per heavy atom. The number of rotatable bonds is 5. The van der Waals surface area contributed by atoms with E-state index in [9.17, 15) is 19.7 Å². The number of amides is 2. The van der Waals surface area contributed by atoms with Crippen molar-refractivity contribution in [3.63, 3.8) is 0 Å². The zero-order chi connectivity index (χ0) is 22.5. The van der Waals surface area contributed by atoms with Gasteiger partial charge in [0.15, 0.2) is 0 Å². The average Bonchev–Trinajstić information content (AvgIpc) is 2.77. The summed E-state index contributed by atoms with van der Waals surface area (Å²) in [5.41, 5.74) is 2.87. The lowest BCUT2D eigenvalue weighted by molar-refractivity contribution is -0.384. The van der Waals surface area contributed by atoms with Crippen LogP contribution in [0.25, 0.3) is 17.2 Å². The number of hydrogen-bond donors (Lipinski definition) is 0. The Morgan fingerprint density at radius 3 is 2.42 bits per heavy atom. The monoisotopic (exact) mass is 485 g/mol. The number of halogens is 1. The molecule has 0 aromatic heterocycles. The summed E-state index contributed by atoms with van der Waals surface area (Å²) in [7, 11) is 0. The van der Waals surface area contributed by atoms with Crippen molar-refractivity contribution in [3.8, 4) is 11.1 Å². The van der Waals surface area contributed by atoms with E-state index in [1.807, 2.05) is 25.1 Å². The maximum Gasteiger partial charge on any atom is 0.277 e. The van der Waals surface area contributed by atoms with Crippen LogP contribution in [-0.2, 0) is 16.0 Å². The fourth-order valence-corrected chi connectivity index (χ4v) is 4.16. The quantitative estimate of drug-likeness (QED) is 0.359. The van der Waals surface area contributed by atoms with Gasteiger partial charge >= 0.3 is 0 Å². The number of carbonyl (C=O) groups excluding carboxylic acids is 2. The highest BCUT2D eigenvalue weighted by atomic mass is 79.9. The lowest BCUT2D eigenvalue weighted by Gasteiger charge is -2.33. The molecule has 2 aromatic carbocycles. The second-order valence-electron chi connectivity index (χ2n) is 7.32. The van der Waals surface area contributed by atoms with Gasteiger partial charge in [0, 0.05) is 49.7 Å².